The highest BCUT2D eigenvalue weighted by molar-refractivity contribution is 9.11. The Bertz CT molecular complexity index is 297. The number of pyridine rings is 1. The highest BCUT2D eigenvalue weighted by Gasteiger charge is 2.14. The molecular formula is C8H7Br2NO2. The van der Waals surface area contributed by atoms with Gasteiger partial charge in [0.05, 0.1) is 6.10 Å². The number of aliphatic hydroxyl groups excluding tert-OH is 1. The van der Waals surface area contributed by atoms with Crippen molar-refractivity contribution in [2.45, 2.75) is 12.5 Å². The molecule has 0 bridgehead atoms. The summed E-state index contributed by atoms with van der Waals surface area (Å²) in [6, 6.07) is 0. The van der Waals surface area contributed by atoms with Crippen LogP contribution >= 0.6 is 31.9 Å². The molecule has 70 valence electrons. The van der Waals surface area contributed by atoms with Gasteiger partial charge in [-0.1, -0.05) is 0 Å². The SMILES string of the molecule is O=CCC(O)c1c(Br)cncc1Br. The quantitative estimate of drug-likeness (QED) is 0.871. The van der Waals surface area contributed by atoms with E-state index in [1.54, 1.807) is 12.4 Å². The second-order valence-corrected chi connectivity index (χ2v) is 4.14. The second kappa shape index (κ2) is 4.83. The number of rotatable bonds is 3. The van der Waals surface area contributed by atoms with Crippen LogP contribution in [-0.2, 0) is 4.79 Å². The van der Waals surface area contributed by atoms with E-state index in [4.69, 9.17) is 0 Å². The number of carbonyl (C=O) groups is 1. The van der Waals surface area contributed by atoms with Gasteiger partial charge < -0.3 is 9.90 Å². The van der Waals surface area contributed by atoms with Crippen molar-refractivity contribution in [2.24, 2.45) is 0 Å². The Morgan fingerprint density at radius 2 is 2.00 bits per heavy atom. The molecule has 0 aliphatic rings. The van der Waals surface area contributed by atoms with Gasteiger partial charge in [-0.15, -0.1) is 0 Å². The summed E-state index contributed by atoms with van der Waals surface area (Å²) < 4.78 is 1.38. The number of hydrogen-bond acceptors (Lipinski definition) is 3. The van der Waals surface area contributed by atoms with Crippen LogP contribution < -0.4 is 0 Å². The first-order valence-electron chi connectivity index (χ1n) is 3.57. The highest BCUT2D eigenvalue weighted by Crippen LogP contribution is 2.30. The molecule has 13 heavy (non-hydrogen) atoms. The summed E-state index contributed by atoms with van der Waals surface area (Å²) in [6.07, 6.45) is 3.14. The maximum atomic E-state index is 10.2. The van der Waals surface area contributed by atoms with Gasteiger partial charge in [-0.25, -0.2) is 0 Å². The average Bonchev–Trinajstić information content (AvgIpc) is 2.04. The van der Waals surface area contributed by atoms with Crippen LogP contribution in [0.4, 0.5) is 0 Å². The van der Waals surface area contributed by atoms with Crippen LogP contribution in [0.1, 0.15) is 18.1 Å². The average molecular weight is 309 g/mol. The van der Waals surface area contributed by atoms with Gasteiger partial charge in [0.15, 0.2) is 0 Å². The number of aliphatic hydroxyl groups is 1. The summed E-state index contributed by atoms with van der Waals surface area (Å²) >= 11 is 6.50. The van der Waals surface area contributed by atoms with Gasteiger partial charge in [0, 0.05) is 33.3 Å². The van der Waals surface area contributed by atoms with E-state index in [2.05, 4.69) is 36.8 Å². The third-order valence-electron chi connectivity index (χ3n) is 1.54. The Kier molecular flexibility index (Phi) is 4.02. The monoisotopic (exact) mass is 307 g/mol. The lowest BCUT2D eigenvalue weighted by Gasteiger charge is -2.10. The molecule has 0 saturated carbocycles. The van der Waals surface area contributed by atoms with E-state index >= 15 is 0 Å². The predicted octanol–water partition coefficient (Wildman–Crippen LogP) is 2.23. The number of halogens is 2. The molecule has 3 nitrogen and oxygen atoms in total. The van der Waals surface area contributed by atoms with E-state index in [0.29, 0.717) is 20.8 Å². The summed E-state index contributed by atoms with van der Waals surface area (Å²) in [7, 11) is 0. The van der Waals surface area contributed by atoms with Crippen molar-refractivity contribution >= 4 is 38.1 Å². The first-order valence-corrected chi connectivity index (χ1v) is 5.16. The van der Waals surface area contributed by atoms with Gasteiger partial charge >= 0.3 is 0 Å². The van der Waals surface area contributed by atoms with Crippen molar-refractivity contribution in [1.82, 2.24) is 4.98 Å². The lowest BCUT2D eigenvalue weighted by Crippen LogP contribution is -2.00. The molecule has 0 spiro atoms. The Morgan fingerprint density at radius 1 is 1.46 bits per heavy atom. The molecule has 0 radical (unpaired) electrons. The molecule has 1 aromatic rings. The van der Waals surface area contributed by atoms with E-state index < -0.39 is 6.10 Å². The molecule has 0 amide bonds. The first-order chi connectivity index (χ1) is 6.16. The number of hydrogen-bond donors (Lipinski definition) is 1. The van der Waals surface area contributed by atoms with Gasteiger partial charge in [0.25, 0.3) is 0 Å². The molecule has 0 aromatic carbocycles. The first kappa shape index (κ1) is 10.8. The number of aromatic nitrogens is 1. The van der Waals surface area contributed by atoms with E-state index in [0.717, 1.165) is 0 Å². The largest absolute Gasteiger partial charge is 0.388 e. The van der Waals surface area contributed by atoms with Crippen molar-refractivity contribution in [1.29, 1.82) is 0 Å². The van der Waals surface area contributed by atoms with Gasteiger partial charge in [-0.05, 0) is 31.9 Å². The smallest absolute Gasteiger partial charge is 0.122 e. The summed E-state index contributed by atoms with van der Waals surface area (Å²) in [6.45, 7) is 0. The standard InChI is InChI=1S/C8H7Br2NO2/c9-5-3-11-4-6(10)8(5)7(13)1-2-12/h2-4,7,13H,1H2. The van der Waals surface area contributed by atoms with Crippen LogP contribution in [-0.4, -0.2) is 16.4 Å². The normalized spacial score (nSPS) is 12.5. The molecule has 0 aliphatic carbocycles. The molecule has 0 aliphatic heterocycles. The molecule has 5 heteroatoms. The highest BCUT2D eigenvalue weighted by atomic mass is 79.9. The Hall–Kier alpha value is -0.260. The van der Waals surface area contributed by atoms with Gasteiger partial charge in [0.1, 0.15) is 6.29 Å². The molecular weight excluding hydrogens is 302 g/mol. The van der Waals surface area contributed by atoms with Gasteiger partial charge in [-0.2, -0.15) is 0 Å². The zero-order valence-corrected chi connectivity index (χ0v) is 9.75. The van der Waals surface area contributed by atoms with Crippen LogP contribution in [0, 0.1) is 0 Å². The molecule has 0 saturated heterocycles. The minimum absolute atomic E-state index is 0.0845. The van der Waals surface area contributed by atoms with Crippen molar-refractivity contribution in [2.75, 3.05) is 0 Å². The Morgan fingerprint density at radius 3 is 2.46 bits per heavy atom. The fourth-order valence-electron chi connectivity index (χ4n) is 0.949. The van der Waals surface area contributed by atoms with Gasteiger partial charge in [0.2, 0.25) is 0 Å². The van der Waals surface area contributed by atoms with E-state index in [1.807, 2.05) is 0 Å². The molecule has 1 unspecified atom stereocenters. The fourth-order valence-corrected chi connectivity index (χ4v) is 2.41. The molecule has 1 N–H and O–H groups in total. The van der Waals surface area contributed by atoms with Crippen molar-refractivity contribution in [3.05, 3.63) is 26.9 Å². The van der Waals surface area contributed by atoms with Crippen LogP contribution in [0.15, 0.2) is 21.3 Å². The zero-order valence-electron chi connectivity index (χ0n) is 6.58. The van der Waals surface area contributed by atoms with Crippen molar-refractivity contribution in [3.8, 4) is 0 Å². The third-order valence-corrected chi connectivity index (χ3v) is 2.81. The number of nitrogens with zero attached hydrogens (tertiary/aromatic N) is 1. The molecule has 1 aromatic heterocycles. The van der Waals surface area contributed by atoms with Crippen LogP contribution in [0.2, 0.25) is 0 Å². The summed E-state index contributed by atoms with van der Waals surface area (Å²) in [5.74, 6) is 0. The van der Waals surface area contributed by atoms with Gasteiger partial charge in [-0.3, -0.25) is 4.98 Å². The maximum absolute atomic E-state index is 10.2. The molecule has 1 rings (SSSR count). The van der Waals surface area contributed by atoms with Crippen molar-refractivity contribution in [3.63, 3.8) is 0 Å². The molecule has 0 fully saturated rings. The molecule has 1 heterocycles. The van der Waals surface area contributed by atoms with E-state index in [9.17, 15) is 9.90 Å². The van der Waals surface area contributed by atoms with Crippen LogP contribution in [0.5, 0.6) is 0 Å². The topological polar surface area (TPSA) is 50.2 Å². The fraction of sp³-hybridized carbons (Fsp3) is 0.250. The summed E-state index contributed by atoms with van der Waals surface area (Å²) in [5.41, 5.74) is 0.655. The second-order valence-electron chi connectivity index (χ2n) is 2.43. The maximum Gasteiger partial charge on any atom is 0.122 e. The Labute approximate surface area is 92.4 Å². The minimum atomic E-state index is -0.788. The zero-order chi connectivity index (χ0) is 9.84. The molecule has 1 atom stereocenters. The summed E-state index contributed by atoms with van der Waals surface area (Å²) in [5, 5.41) is 9.56. The van der Waals surface area contributed by atoms with Crippen molar-refractivity contribution < 1.29 is 9.90 Å². The summed E-state index contributed by atoms with van der Waals surface area (Å²) in [4.78, 5) is 14.1. The third kappa shape index (κ3) is 2.59. The lowest BCUT2D eigenvalue weighted by atomic mass is 10.1. The van der Waals surface area contributed by atoms with Crippen LogP contribution in [0.25, 0.3) is 0 Å². The Balaban J connectivity index is 3.04. The number of aldehydes is 1. The van der Waals surface area contributed by atoms with E-state index in [1.165, 1.54) is 0 Å². The minimum Gasteiger partial charge on any atom is -0.388 e. The lowest BCUT2D eigenvalue weighted by molar-refractivity contribution is -0.109. The van der Waals surface area contributed by atoms with E-state index in [-0.39, 0.29) is 6.42 Å². The number of carbonyl (C=O) groups excluding carboxylic acids is 1. The predicted molar refractivity (Wildman–Crippen MR) is 55.3 cm³/mol. The van der Waals surface area contributed by atoms with Crippen LogP contribution in [0.3, 0.4) is 0 Å².